The Balaban J connectivity index is 1.69. The van der Waals surface area contributed by atoms with Crippen LogP contribution < -0.4 is 4.74 Å². The first-order valence-electron chi connectivity index (χ1n) is 12.0. The summed E-state index contributed by atoms with van der Waals surface area (Å²) in [6.45, 7) is 12.9. The van der Waals surface area contributed by atoms with Crippen LogP contribution in [0.5, 0.6) is 5.75 Å². The molecule has 174 valence electrons. The summed E-state index contributed by atoms with van der Waals surface area (Å²) in [6, 6.07) is 14.1. The molecule has 1 unspecified atom stereocenters. The second-order valence-corrected chi connectivity index (χ2v) is 10.9. The quantitative estimate of drug-likeness (QED) is 0.502. The van der Waals surface area contributed by atoms with Gasteiger partial charge in [-0.25, -0.2) is 0 Å². The Morgan fingerprint density at radius 2 is 1.56 bits per heavy atom. The van der Waals surface area contributed by atoms with E-state index in [0.717, 1.165) is 62.8 Å². The second-order valence-electron chi connectivity index (χ2n) is 10.0. The molecular weight excluding hydrogens is 432 g/mol. The van der Waals surface area contributed by atoms with Crippen LogP contribution in [0.4, 0.5) is 0 Å². The van der Waals surface area contributed by atoms with Gasteiger partial charge in [-0.1, -0.05) is 45.0 Å². The van der Waals surface area contributed by atoms with Crippen molar-refractivity contribution in [2.45, 2.75) is 52.1 Å². The zero-order valence-corrected chi connectivity index (χ0v) is 21.6. The molecule has 0 saturated carbocycles. The van der Waals surface area contributed by atoms with Crippen LogP contribution >= 0.6 is 25.3 Å². The van der Waals surface area contributed by atoms with Gasteiger partial charge in [-0.05, 0) is 53.1 Å². The Hall–Kier alpha value is -1.14. The molecule has 2 aromatic carbocycles. The van der Waals surface area contributed by atoms with Crippen molar-refractivity contribution in [1.29, 1.82) is 0 Å². The molecule has 3 nitrogen and oxygen atoms in total. The van der Waals surface area contributed by atoms with E-state index >= 15 is 0 Å². The number of benzene rings is 2. The number of hydrogen-bond acceptors (Lipinski definition) is 5. The number of fused-ring (bicyclic) bond motifs is 2. The van der Waals surface area contributed by atoms with E-state index in [0.29, 0.717) is 12.6 Å². The molecule has 0 bridgehead atoms. The first kappa shape index (κ1) is 24.0. The molecule has 1 atom stereocenters. The monoisotopic (exact) mass is 470 g/mol. The molecule has 2 heterocycles. The van der Waals surface area contributed by atoms with Crippen molar-refractivity contribution in [2.24, 2.45) is 5.92 Å². The van der Waals surface area contributed by atoms with E-state index < -0.39 is 0 Å². The van der Waals surface area contributed by atoms with Gasteiger partial charge in [-0.3, -0.25) is 9.80 Å². The predicted molar refractivity (Wildman–Crippen MR) is 141 cm³/mol. The predicted octanol–water partition coefficient (Wildman–Crippen LogP) is 5.41. The molecule has 0 fully saturated rings. The van der Waals surface area contributed by atoms with E-state index in [1.807, 2.05) is 0 Å². The van der Waals surface area contributed by atoms with Crippen LogP contribution in [0.15, 0.2) is 36.4 Å². The minimum atomic E-state index is -0.0319. The molecule has 5 heteroatoms. The molecule has 0 radical (unpaired) electrons. The maximum absolute atomic E-state index is 6.03. The highest BCUT2D eigenvalue weighted by molar-refractivity contribution is 7.80. The van der Waals surface area contributed by atoms with Gasteiger partial charge in [0.1, 0.15) is 12.5 Å². The lowest BCUT2D eigenvalue weighted by atomic mass is 9.70. The highest BCUT2D eigenvalue weighted by atomic mass is 32.1. The number of rotatable bonds is 8. The molecule has 0 saturated heterocycles. The SMILES string of the molecule is CC(C)CC(C)(c1ccc2c(c1)CN(CCS)CC2)c1ccc2c(c1)CN(CCS)CO2. The van der Waals surface area contributed by atoms with Crippen LogP contribution in [0.1, 0.15) is 55.0 Å². The Kier molecular flexibility index (Phi) is 7.81. The molecular formula is C27H38N2OS2. The highest BCUT2D eigenvalue weighted by Gasteiger charge is 2.32. The van der Waals surface area contributed by atoms with Crippen LogP contribution in [0.2, 0.25) is 0 Å². The molecule has 0 aromatic heterocycles. The van der Waals surface area contributed by atoms with E-state index in [2.05, 4.69) is 92.2 Å². The van der Waals surface area contributed by atoms with Crippen LogP contribution in [0, 0.1) is 5.92 Å². The van der Waals surface area contributed by atoms with Gasteiger partial charge in [-0.2, -0.15) is 25.3 Å². The fraction of sp³-hybridized carbons (Fsp3) is 0.556. The van der Waals surface area contributed by atoms with Crippen LogP contribution in [0.3, 0.4) is 0 Å². The molecule has 4 rings (SSSR count). The molecule has 0 spiro atoms. The maximum Gasteiger partial charge on any atom is 0.142 e. The fourth-order valence-corrected chi connectivity index (χ4v) is 6.00. The van der Waals surface area contributed by atoms with Gasteiger partial charge in [0, 0.05) is 55.2 Å². The highest BCUT2D eigenvalue weighted by Crippen LogP contribution is 2.41. The van der Waals surface area contributed by atoms with Crippen molar-refractivity contribution in [3.05, 3.63) is 64.2 Å². The summed E-state index contributed by atoms with van der Waals surface area (Å²) in [5.41, 5.74) is 7.09. The minimum Gasteiger partial charge on any atom is -0.478 e. The summed E-state index contributed by atoms with van der Waals surface area (Å²) in [5, 5.41) is 0. The van der Waals surface area contributed by atoms with E-state index in [1.165, 1.54) is 27.8 Å². The zero-order valence-electron chi connectivity index (χ0n) is 19.8. The average Bonchev–Trinajstić information content (AvgIpc) is 2.78. The summed E-state index contributed by atoms with van der Waals surface area (Å²) < 4.78 is 6.03. The largest absolute Gasteiger partial charge is 0.478 e. The molecule has 2 aliphatic heterocycles. The summed E-state index contributed by atoms with van der Waals surface area (Å²) in [5.74, 6) is 3.40. The number of nitrogens with zero attached hydrogens (tertiary/aromatic N) is 2. The average molecular weight is 471 g/mol. The number of thiol groups is 2. The molecule has 32 heavy (non-hydrogen) atoms. The Morgan fingerprint density at radius 1 is 0.906 bits per heavy atom. The molecule has 0 aliphatic carbocycles. The molecule has 0 N–H and O–H groups in total. The second kappa shape index (κ2) is 10.4. The van der Waals surface area contributed by atoms with Crippen molar-refractivity contribution in [3.63, 3.8) is 0 Å². The van der Waals surface area contributed by atoms with E-state index in [9.17, 15) is 0 Å². The molecule has 2 aromatic rings. The maximum atomic E-state index is 6.03. The normalized spacial score (nSPS) is 18.7. The van der Waals surface area contributed by atoms with Gasteiger partial charge in [0.25, 0.3) is 0 Å². The summed E-state index contributed by atoms with van der Waals surface area (Å²) in [4.78, 5) is 4.86. The lowest BCUT2D eigenvalue weighted by molar-refractivity contribution is 0.102. The van der Waals surface area contributed by atoms with Crippen molar-refractivity contribution in [2.75, 3.05) is 37.9 Å². The van der Waals surface area contributed by atoms with Crippen molar-refractivity contribution >= 4 is 25.3 Å². The Morgan fingerprint density at radius 3 is 2.28 bits per heavy atom. The first-order chi connectivity index (χ1) is 15.4. The lowest BCUT2D eigenvalue weighted by Gasteiger charge is -2.36. The van der Waals surface area contributed by atoms with Gasteiger partial charge in [-0.15, -0.1) is 0 Å². The van der Waals surface area contributed by atoms with Gasteiger partial charge >= 0.3 is 0 Å². The molecule has 2 aliphatic rings. The standard InChI is InChI=1S/C27H38N2OS2/c1-20(2)16-27(3,24-5-4-21-8-9-28(10-12-31)17-22(21)14-24)25-6-7-26-23(15-25)18-29(11-13-32)19-30-26/h4-7,14-15,20,31-32H,8-13,16-19H2,1-3H3. The van der Waals surface area contributed by atoms with E-state index in [4.69, 9.17) is 4.74 Å². The van der Waals surface area contributed by atoms with Gasteiger partial charge < -0.3 is 4.74 Å². The Labute approximate surface area is 205 Å². The lowest BCUT2D eigenvalue weighted by Crippen LogP contribution is -2.34. The van der Waals surface area contributed by atoms with Crippen molar-refractivity contribution in [3.8, 4) is 5.75 Å². The fourth-order valence-electron chi connectivity index (χ4n) is 5.43. The van der Waals surface area contributed by atoms with Crippen LogP contribution in [-0.4, -0.2) is 47.7 Å². The van der Waals surface area contributed by atoms with Gasteiger partial charge in [0.2, 0.25) is 0 Å². The van der Waals surface area contributed by atoms with Crippen molar-refractivity contribution < 1.29 is 4.74 Å². The molecule has 0 amide bonds. The topological polar surface area (TPSA) is 15.7 Å². The third kappa shape index (κ3) is 5.16. The Bertz CT molecular complexity index is 862. The van der Waals surface area contributed by atoms with Crippen molar-refractivity contribution in [1.82, 2.24) is 9.80 Å². The number of hydrogen-bond donors (Lipinski definition) is 2. The number of ether oxygens (including phenoxy) is 1. The smallest absolute Gasteiger partial charge is 0.142 e. The van der Waals surface area contributed by atoms with E-state index in [1.54, 1.807) is 0 Å². The minimum absolute atomic E-state index is 0.0319. The summed E-state index contributed by atoms with van der Waals surface area (Å²) in [7, 11) is 0. The first-order valence-corrected chi connectivity index (χ1v) is 13.2. The summed E-state index contributed by atoms with van der Waals surface area (Å²) >= 11 is 8.86. The van der Waals surface area contributed by atoms with Gasteiger partial charge in [0.05, 0.1) is 0 Å². The van der Waals surface area contributed by atoms with Crippen LogP contribution in [0.25, 0.3) is 0 Å². The van der Waals surface area contributed by atoms with E-state index in [-0.39, 0.29) is 5.41 Å². The summed E-state index contributed by atoms with van der Waals surface area (Å²) in [6.07, 6.45) is 2.26. The zero-order chi connectivity index (χ0) is 22.7. The van der Waals surface area contributed by atoms with Crippen LogP contribution in [-0.2, 0) is 24.9 Å². The third-order valence-electron chi connectivity index (χ3n) is 7.08. The third-order valence-corrected chi connectivity index (χ3v) is 7.48. The van der Waals surface area contributed by atoms with Gasteiger partial charge in [0.15, 0.2) is 0 Å².